The first-order valence-electron chi connectivity index (χ1n) is 7.17. The Morgan fingerprint density at radius 2 is 2.35 bits per heavy atom. The number of aliphatic carboxylic acids is 1. The average molecular weight is 336 g/mol. The van der Waals surface area contributed by atoms with E-state index in [9.17, 15) is 9.59 Å². The predicted octanol–water partition coefficient (Wildman–Crippen LogP) is 1.57. The van der Waals surface area contributed by atoms with Crippen molar-refractivity contribution in [2.45, 2.75) is 19.4 Å². The molecule has 0 spiro atoms. The van der Waals surface area contributed by atoms with Crippen molar-refractivity contribution in [3.63, 3.8) is 0 Å². The Labute approximate surface area is 136 Å². The minimum absolute atomic E-state index is 0.0584. The molecule has 1 fully saturated rings. The van der Waals surface area contributed by atoms with Crippen LogP contribution in [-0.2, 0) is 20.7 Å². The highest BCUT2D eigenvalue weighted by Crippen LogP contribution is 2.26. The molecule has 0 aromatic carbocycles. The van der Waals surface area contributed by atoms with Crippen LogP contribution in [0.5, 0.6) is 0 Å². The van der Waals surface area contributed by atoms with Gasteiger partial charge >= 0.3 is 5.97 Å². The molecule has 122 valence electrons. The van der Waals surface area contributed by atoms with E-state index in [-0.39, 0.29) is 25.5 Å². The standard InChI is InChI=1S/C15H16N2O5S/c1-9-10(16-14(22-9)12-3-2-6-23-12)7-13(18)17-4-5-21-11(8-17)15(19)20/h2-3,6,11H,4-5,7-8H2,1H3,(H,19,20)/t11-/m0/s1. The van der Waals surface area contributed by atoms with E-state index in [0.29, 0.717) is 23.9 Å². The highest BCUT2D eigenvalue weighted by molar-refractivity contribution is 7.13. The molecule has 3 heterocycles. The smallest absolute Gasteiger partial charge is 0.334 e. The summed E-state index contributed by atoms with van der Waals surface area (Å²) in [4.78, 5) is 30.2. The van der Waals surface area contributed by atoms with Crippen LogP contribution in [0.25, 0.3) is 10.8 Å². The van der Waals surface area contributed by atoms with Crippen LogP contribution in [0.3, 0.4) is 0 Å². The van der Waals surface area contributed by atoms with Gasteiger partial charge in [0, 0.05) is 6.54 Å². The number of hydrogen-bond acceptors (Lipinski definition) is 6. The molecule has 3 rings (SSSR count). The van der Waals surface area contributed by atoms with Crippen LogP contribution in [0.15, 0.2) is 21.9 Å². The van der Waals surface area contributed by atoms with E-state index in [1.165, 1.54) is 16.2 Å². The lowest BCUT2D eigenvalue weighted by molar-refractivity contribution is -0.159. The van der Waals surface area contributed by atoms with Crippen molar-refractivity contribution in [2.24, 2.45) is 0 Å². The fourth-order valence-electron chi connectivity index (χ4n) is 2.38. The van der Waals surface area contributed by atoms with Gasteiger partial charge in [-0.25, -0.2) is 9.78 Å². The maximum absolute atomic E-state index is 12.4. The molecule has 1 N–H and O–H groups in total. The lowest BCUT2D eigenvalue weighted by Gasteiger charge is -2.30. The molecule has 0 saturated carbocycles. The van der Waals surface area contributed by atoms with Gasteiger partial charge in [0.05, 0.1) is 30.1 Å². The third kappa shape index (κ3) is 3.43. The molecule has 0 radical (unpaired) electrons. The van der Waals surface area contributed by atoms with Crippen molar-refractivity contribution in [3.05, 3.63) is 29.0 Å². The second kappa shape index (κ2) is 6.51. The molecule has 0 bridgehead atoms. The molecule has 1 aliphatic rings. The van der Waals surface area contributed by atoms with Crippen LogP contribution in [0.2, 0.25) is 0 Å². The minimum atomic E-state index is -1.06. The fraction of sp³-hybridized carbons (Fsp3) is 0.400. The molecule has 8 heteroatoms. The molecular weight excluding hydrogens is 320 g/mol. The summed E-state index contributed by atoms with van der Waals surface area (Å²) in [7, 11) is 0. The lowest BCUT2D eigenvalue weighted by Crippen LogP contribution is -2.49. The number of aryl methyl sites for hydroxylation is 1. The maximum Gasteiger partial charge on any atom is 0.334 e. The van der Waals surface area contributed by atoms with E-state index in [1.807, 2.05) is 17.5 Å². The van der Waals surface area contributed by atoms with Gasteiger partial charge in [-0.3, -0.25) is 4.79 Å². The summed E-state index contributed by atoms with van der Waals surface area (Å²) in [6.07, 6.45) is -0.875. The van der Waals surface area contributed by atoms with Gasteiger partial charge < -0.3 is 19.2 Å². The van der Waals surface area contributed by atoms with Crippen molar-refractivity contribution in [2.75, 3.05) is 19.7 Å². The first-order chi connectivity index (χ1) is 11.0. The van der Waals surface area contributed by atoms with Gasteiger partial charge in [-0.05, 0) is 18.4 Å². The number of morpholine rings is 1. The first kappa shape index (κ1) is 15.7. The summed E-state index contributed by atoms with van der Waals surface area (Å²) in [5.74, 6) is -0.121. The molecule has 1 amide bonds. The van der Waals surface area contributed by atoms with Gasteiger partial charge in [-0.1, -0.05) is 6.07 Å². The molecule has 2 aromatic rings. The summed E-state index contributed by atoms with van der Waals surface area (Å²) in [5, 5.41) is 10.9. The SMILES string of the molecule is Cc1oc(-c2cccs2)nc1CC(=O)N1CCO[C@H](C(=O)O)C1. The van der Waals surface area contributed by atoms with E-state index < -0.39 is 12.1 Å². The molecular formula is C15H16N2O5S. The van der Waals surface area contributed by atoms with Crippen LogP contribution in [-0.4, -0.2) is 52.7 Å². The number of ether oxygens (including phenoxy) is 1. The Balaban J connectivity index is 1.69. The first-order valence-corrected chi connectivity index (χ1v) is 8.05. The average Bonchev–Trinajstić information content (AvgIpc) is 3.18. The van der Waals surface area contributed by atoms with E-state index in [1.54, 1.807) is 6.92 Å². The largest absolute Gasteiger partial charge is 0.479 e. The number of hydrogen-bond donors (Lipinski definition) is 1. The predicted molar refractivity (Wildman–Crippen MR) is 82.2 cm³/mol. The van der Waals surface area contributed by atoms with Crippen LogP contribution in [0, 0.1) is 6.92 Å². The normalized spacial score (nSPS) is 18.1. The van der Waals surface area contributed by atoms with Crippen LogP contribution >= 0.6 is 11.3 Å². The van der Waals surface area contributed by atoms with E-state index >= 15 is 0 Å². The number of thiophene rings is 1. The third-order valence-electron chi connectivity index (χ3n) is 3.64. The molecule has 0 unspecified atom stereocenters. The van der Waals surface area contributed by atoms with Crippen molar-refractivity contribution in [3.8, 4) is 10.8 Å². The van der Waals surface area contributed by atoms with Crippen LogP contribution in [0.4, 0.5) is 0 Å². The van der Waals surface area contributed by atoms with Gasteiger partial charge in [0.15, 0.2) is 6.10 Å². The molecule has 0 aliphatic carbocycles. The fourth-order valence-corrected chi connectivity index (χ4v) is 3.03. The van der Waals surface area contributed by atoms with Gasteiger partial charge in [0.25, 0.3) is 0 Å². The summed E-state index contributed by atoms with van der Waals surface area (Å²) >= 11 is 1.52. The summed E-state index contributed by atoms with van der Waals surface area (Å²) in [6.45, 7) is 2.44. The van der Waals surface area contributed by atoms with E-state index in [4.69, 9.17) is 14.3 Å². The number of oxazole rings is 1. The van der Waals surface area contributed by atoms with Gasteiger partial charge in [0.2, 0.25) is 11.8 Å². The highest BCUT2D eigenvalue weighted by atomic mass is 32.1. The number of aromatic nitrogens is 1. The van der Waals surface area contributed by atoms with Crippen molar-refractivity contribution in [1.82, 2.24) is 9.88 Å². The number of carboxylic acid groups (broad SMARTS) is 1. The van der Waals surface area contributed by atoms with E-state index in [2.05, 4.69) is 4.98 Å². The number of carbonyl (C=O) groups is 2. The van der Waals surface area contributed by atoms with Crippen molar-refractivity contribution in [1.29, 1.82) is 0 Å². The number of amides is 1. The van der Waals surface area contributed by atoms with Gasteiger partial charge in [-0.2, -0.15) is 0 Å². The van der Waals surface area contributed by atoms with Crippen molar-refractivity contribution < 1.29 is 23.8 Å². The number of rotatable bonds is 4. The van der Waals surface area contributed by atoms with Crippen molar-refractivity contribution >= 4 is 23.2 Å². The van der Waals surface area contributed by atoms with Gasteiger partial charge in [0.1, 0.15) is 5.76 Å². The Bertz CT molecular complexity index is 710. The Morgan fingerprint density at radius 1 is 1.52 bits per heavy atom. The molecule has 1 saturated heterocycles. The van der Waals surface area contributed by atoms with Crippen LogP contribution in [0.1, 0.15) is 11.5 Å². The number of nitrogens with zero attached hydrogens (tertiary/aromatic N) is 2. The number of carbonyl (C=O) groups excluding carboxylic acids is 1. The zero-order chi connectivity index (χ0) is 16.4. The lowest BCUT2D eigenvalue weighted by atomic mass is 10.2. The number of carboxylic acids is 1. The topological polar surface area (TPSA) is 92.9 Å². The molecule has 7 nitrogen and oxygen atoms in total. The molecule has 1 atom stereocenters. The Hall–Kier alpha value is -2.19. The molecule has 1 aliphatic heterocycles. The third-order valence-corrected chi connectivity index (χ3v) is 4.50. The monoisotopic (exact) mass is 336 g/mol. The maximum atomic E-state index is 12.4. The zero-order valence-corrected chi connectivity index (χ0v) is 13.3. The summed E-state index contributed by atoms with van der Waals surface area (Å²) in [5.41, 5.74) is 0.580. The molecule has 23 heavy (non-hydrogen) atoms. The second-order valence-electron chi connectivity index (χ2n) is 5.21. The summed E-state index contributed by atoms with van der Waals surface area (Å²) < 4.78 is 10.7. The second-order valence-corrected chi connectivity index (χ2v) is 6.16. The van der Waals surface area contributed by atoms with E-state index in [0.717, 1.165) is 4.88 Å². The minimum Gasteiger partial charge on any atom is -0.479 e. The van der Waals surface area contributed by atoms with Crippen LogP contribution < -0.4 is 0 Å². The summed E-state index contributed by atoms with van der Waals surface area (Å²) in [6, 6.07) is 3.81. The Morgan fingerprint density at radius 3 is 3.04 bits per heavy atom. The zero-order valence-electron chi connectivity index (χ0n) is 12.5. The highest BCUT2D eigenvalue weighted by Gasteiger charge is 2.29. The quantitative estimate of drug-likeness (QED) is 0.911. The Kier molecular flexibility index (Phi) is 4.44. The van der Waals surface area contributed by atoms with Gasteiger partial charge in [-0.15, -0.1) is 11.3 Å². The molecule has 2 aromatic heterocycles.